The summed E-state index contributed by atoms with van der Waals surface area (Å²) in [6, 6.07) is 13.8. The van der Waals surface area contributed by atoms with Crippen molar-refractivity contribution in [3.63, 3.8) is 0 Å². The molecule has 3 heterocycles. The minimum absolute atomic E-state index is 0.149. The smallest absolute Gasteiger partial charge is 0.295 e. The van der Waals surface area contributed by atoms with Crippen LogP contribution in [0.15, 0.2) is 66.1 Å². The number of benzene rings is 1. The summed E-state index contributed by atoms with van der Waals surface area (Å²) in [6.07, 6.45) is 3.82. The van der Waals surface area contributed by atoms with Crippen molar-refractivity contribution in [2.24, 2.45) is 0 Å². The number of hydrogen-bond acceptors (Lipinski definition) is 5. The van der Waals surface area contributed by atoms with Gasteiger partial charge in [0.25, 0.3) is 5.56 Å². The average molecular weight is 418 g/mol. The normalized spacial score (nSPS) is 15.1. The lowest BCUT2D eigenvalue weighted by atomic mass is 9.97. The van der Waals surface area contributed by atoms with Crippen molar-refractivity contribution in [2.75, 3.05) is 31.1 Å². The topological polar surface area (TPSA) is 71.3 Å². The molecular formula is C24H27N5O2. The van der Waals surface area contributed by atoms with Crippen LogP contribution in [0.4, 0.5) is 5.82 Å². The van der Waals surface area contributed by atoms with Crippen LogP contribution < -0.4 is 10.5 Å². The van der Waals surface area contributed by atoms with Gasteiger partial charge in [-0.05, 0) is 23.6 Å². The van der Waals surface area contributed by atoms with Crippen LogP contribution in [-0.4, -0.2) is 51.5 Å². The van der Waals surface area contributed by atoms with E-state index in [-0.39, 0.29) is 17.4 Å². The molecule has 2 aromatic heterocycles. The molecule has 1 aliphatic heterocycles. The standard InChI is InChI=1S/C24H27N5O2/c1-3-12-29-22-20(10-7-11-25-22)26-23(24(29)31)28-15-13-27(14-16-28)21(30)17-18(2)19-8-5-4-6-9-19/h3-11,18H,1,12-17H2,2H3/t18-/m0/s1. The zero-order valence-corrected chi connectivity index (χ0v) is 17.8. The van der Waals surface area contributed by atoms with Gasteiger partial charge in [-0.25, -0.2) is 9.97 Å². The van der Waals surface area contributed by atoms with E-state index < -0.39 is 0 Å². The predicted molar refractivity (Wildman–Crippen MR) is 122 cm³/mol. The number of allylic oxidation sites excluding steroid dienone is 1. The van der Waals surface area contributed by atoms with Gasteiger partial charge in [0.15, 0.2) is 11.5 Å². The van der Waals surface area contributed by atoms with Crippen LogP contribution in [0.1, 0.15) is 24.8 Å². The molecule has 1 amide bonds. The van der Waals surface area contributed by atoms with E-state index in [0.717, 1.165) is 0 Å². The summed E-state index contributed by atoms with van der Waals surface area (Å²) >= 11 is 0. The number of nitrogens with zero attached hydrogens (tertiary/aromatic N) is 5. The van der Waals surface area contributed by atoms with Crippen molar-refractivity contribution in [1.82, 2.24) is 19.4 Å². The van der Waals surface area contributed by atoms with Crippen molar-refractivity contribution < 1.29 is 4.79 Å². The fourth-order valence-corrected chi connectivity index (χ4v) is 4.03. The van der Waals surface area contributed by atoms with Crippen LogP contribution in [0.2, 0.25) is 0 Å². The lowest BCUT2D eigenvalue weighted by Gasteiger charge is -2.35. The van der Waals surface area contributed by atoms with Gasteiger partial charge in [0.1, 0.15) is 5.52 Å². The average Bonchev–Trinajstić information content (AvgIpc) is 2.81. The number of fused-ring (bicyclic) bond motifs is 1. The van der Waals surface area contributed by atoms with Gasteiger partial charge in [-0.2, -0.15) is 0 Å². The number of amides is 1. The summed E-state index contributed by atoms with van der Waals surface area (Å²) in [5.74, 6) is 0.732. The summed E-state index contributed by atoms with van der Waals surface area (Å²) in [7, 11) is 0. The molecule has 0 N–H and O–H groups in total. The lowest BCUT2D eigenvalue weighted by molar-refractivity contribution is -0.131. The first-order valence-electron chi connectivity index (χ1n) is 10.6. The SMILES string of the molecule is C=CCn1c(=O)c(N2CCN(C(=O)C[C@H](C)c3ccccc3)CC2)nc2cccnc21. The van der Waals surface area contributed by atoms with Gasteiger partial charge in [0.05, 0.1) is 0 Å². The molecule has 1 aromatic carbocycles. The molecule has 0 spiro atoms. The summed E-state index contributed by atoms with van der Waals surface area (Å²) in [5, 5.41) is 0. The first kappa shape index (κ1) is 20.8. The van der Waals surface area contributed by atoms with E-state index in [1.54, 1.807) is 16.8 Å². The molecule has 1 aliphatic rings. The zero-order valence-electron chi connectivity index (χ0n) is 17.8. The van der Waals surface area contributed by atoms with E-state index >= 15 is 0 Å². The molecule has 4 rings (SSSR count). The summed E-state index contributed by atoms with van der Waals surface area (Å²) in [4.78, 5) is 38.7. The van der Waals surface area contributed by atoms with Gasteiger partial charge in [0, 0.05) is 45.3 Å². The van der Waals surface area contributed by atoms with E-state index in [1.165, 1.54) is 5.56 Å². The lowest BCUT2D eigenvalue weighted by Crippen LogP contribution is -2.50. The summed E-state index contributed by atoms with van der Waals surface area (Å²) in [6.45, 7) is 8.52. The van der Waals surface area contributed by atoms with Gasteiger partial charge in [-0.15, -0.1) is 6.58 Å². The summed E-state index contributed by atoms with van der Waals surface area (Å²) in [5.41, 5.74) is 2.23. The van der Waals surface area contributed by atoms with Crippen molar-refractivity contribution in [2.45, 2.75) is 25.8 Å². The molecule has 1 fully saturated rings. The first-order chi connectivity index (χ1) is 15.1. The molecule has 0 radical (unpaired) electrons. The third kappa shape index (κ3) is 4.35. The highest BCUT2D eigenvalue weighted by Gasteiger charge is 2.25. The first-order valence-corrected chi connectivity index (χ1v) is 10.6. The van der Waals surface area contributed by atoms with Gasteiger partial charge >= 0.3 is 0 Å². The molecule has 7 heteroatoms. The number of carbonyl (C=O) groups excluding carboxylic acids is 1. The molecule has 7 nitrogen and oxygen atoms in total. The minimum atomic E-state index is -0.177. The zero-order chi connectivity index (χ0) is 21.8. The highest BCUT2D eigenvalue weighted by Crippen LogP contribution is 2.21. The van der Waals surface area contributed by atoms with Crippen molar-refractivity contribution >= 4 is 22.9 Å². The number of anilines is 1. The van der Waals surface area contributed by atoms with Crippen LogP contribution in [0.3, 0.4) is 0 Å². The van der Waals surface area contributed by atoms with E-state index in [9.17, 15) is 9.59 Å². The monoisotopic (exact) mass is 417 g/mol. The van der Waals surface area contributed by atoms with Gasteiger partial charge in [-0.3, -0.25) is 14.2 Å². The molecule has 0 bridgehead atoms. The second kappa shape index (κ2) is 9.12. The van der Waals surface area contributed by atoms with Gasteiger partial charge < -0.3 is 9.80 Å². The highest BCUT2D eigenvalue weighted by molar-refractivity contribution is 5.77. The van der Waals surface area contributed by atoms with Gasteiger partial charge in [-0.1, -0.05) is 43.3 Å². The third-order valence-electron chi connectivity index (χ3n) is 5.78. The maximum atomic E-state index is 13.1. The molecule has 0 unspecified atom stereocenters. The van der Waals surface area contributed by atoms with Crippen molar-refractivity contribution in [3.8, 4) is 0 Å². The number of rotatable bonds is 6. The molecule has 1 atom stereocenters. The van der Waals surface area contributed by atoms with Crippen molar-refractivity contribution in [1.29, 1.82) is 0 Å². The number of aromatic nitrogens is 3. The maximum absolute atomic E-state index is 13.1. The Morgan fingerprint density at radius 1 is 1.13 bits per heavy atom. The Kier molecular flexibility index (Phi) is 6.11. The molecule has 3 aromatic rings. The van der Waals surface area contributed by atoms with E-state index in [2.05, 4.69) is 35.6 Å². The highest BCUT2D eigenvalue weighted by atomic mass is 16.2. The predicted octanol–water partition coefficient (Wildman–Crippen LogP) is 2.82. The molecule has 0 saturated carbocycles. The molecule has 1 saturated heterocycles. The Morgan fingerprint density at radius 3 is 2.58 bits per heavy atom. The van der Waals surface area contributed by atoms with Crippen LogP contribution in [0.5, 0.6) is 0 Å². The Balaban J connectivity index is 1.47. The number of pyridine rings is 1. The summed E-state index contributed by atoms with van der Waals surface area (Å²) < 4.78 is 1.60. The second-order valence-electron chi connectivity index (χ2n) is 7.87. The van der Waals surface area contributed by atoms with Crippen LogP contribution in [-0.2, 0) is 11.3 Å². The quantitative estimate of drug-likeness (QED) is 0.577. The third-order valence-corrected chi connectivity index (χ3v) is 5.78. The largest absolute Gasteiger partial charge is 0.348 e. The van der Waals surface area contributed by atoms with E-state index in [0.29, 0.717) is 56.1 Å². The molecule has 31 heavy (non-hydrogen) atoms. The molecular weight excluding hydrogens is 390 g/mol. The van der Waals surface area contributed by atoms with E-state index in [1.807, 2.05) is 40.1 Å². The molecule has 160 valence electrons. The van der Waals surface area contributed by atoms with Crippen molar-refractivity contribution in [3.05, 3.63) is 77.2 Å². The second-order valence-corrected chi connectivity index (χ2v) is 7.87. The van der Waals surface area contributed by atoms with Crippen LogP contribution in [0.25, 0.3) is 11.2 Å². The van der Waals surface area contributed by atoms with Gasteiger partial charge in [0.2, 0.25) is 5.91 Å². The van der Waals surface area contributed by atoms with E-state index in [4.69, 9.17) is 0 Å². The number of hydrogen-bond donors (Lipinski definition) is 0. The molecule has 0 aliphatic carbocycles. The Morgan fingerprint density at radius 2 is 1.87 bits per heavy atom. The van der Waals surface area contributed by atoms with Crippen LogP contribution in [0, 0.1) is 0 Å². The number of piperazine rings is 1. The fraction of sp³-hybridized carbons (Fsp3) is 0.333. The Labute approximate surface area is 181 Å². The number of carbonyl (C=O) groups is 1. The Bertz CT molecular complexity index is 1130. The minimum Gasteiger partial charge on any atom is -0.348 e. The Hall–Kier alpha value is -3.48. The maximum Gasteiger partial charge on any atom is 0.295 e. The fourth-order valence-electron chi connectivity index (χ4n) is 4.03. The van der Waals surface area contributed by atoms with Crippen LogP contribution >= 0.6 is 0 Å².